The van der Waals surface area contributed by atoms with E-state index in [1.165, 1.54) is 6.07 Å². The van der Waals surface area contributed by atoms with Gasteiger partial charge in [0.15, 0.2) is 0 Å². The van der Waals surface area contributed by atoms with Gasteiger partial charge in [-0.15, -0.1) is 0 Å². The van der Waals surface area contributed by atoms with Crippen molar-refractivity contribution in [1.29, 1.82) is 5.26 Å². The van der Waals surface area contributed by atoms with Gasteiger partial charge in [-0.25, -0.2) is 4.79 Å². The van der Waals surface area contributed by atoms with Gasteiger partial charge in [0.05, 0.1) is 35.3 Å². The molecule has 0 radical (unpaired) electrons. The number of fused-ring (bicyclic) bond motifs is 1. The second-order valence-electron chi connectivity index (χ2n) is 11.3. The topological polar surface area (TPSA) is 169 Å². The highest BCUT2D eigenvalue weighted by Crippen LogP contribution is 2.33. The molecular formula is C30H42N6O5S. The van der Waals surface area contributed by atoms with Crippen LogP contribution in [0, 0.1) is 17.2 Å². The van der Waals surface area contributed by atoms with Crippen molar-refractivity contribution < 1.29 is 24.0 Å². The standard InChI is InChI=1S/C30H42N6O5S/c1-19(2)15-23(34-28(39)22-11-4-3-9-20(22)16-31)29(40)33-21(17-37)10-7-8-14-32-26(38)13-6-5-12-25-27-24(18-42-25)35-30(41)36-27/h3-4,9,11,17,19,21,23-25,27H,5-8,10,12-15,18H2,1-2H3,(H,32,38)(H,33,40)(H,34,39)(H2,35,36,41)/t21-,23-,24-,25-,27-/m0/s1. The van der Waals surface area contributed by atoms with Gasteiger partial charge in [-0.3, -0.25) is 14.4 Å². The van der Waals surface area contributed by atoms with Gasteiger partial charge in [0, 0.05) is 24.0 Å². The summed E-state index contributed by atoms with van der Waals surface area (Å²) in [6, 6.07) is 7.12. The molecule has 5 amide bonds. The number of nitrogens with one attached hydrogen (secondary N) is 5. The third kappa shape index (κ3) is 10.0. The van der Waals surface area contributed by atoms with E-state index >= 15 is 0 Å². The normalized spacial score (nSPS) is 20.4. The molecule has 0 unspecified atom stereocenters. The van der Waals surface area contributed by atoms with Gasteiger partial charge in [-0.2, -0.15) is 17.0 Å². The molecule has 0 aromatic heterocycles. The highest BCUT2D eigenvalue weighted by Gasteiger charge is 2.42. The molecule has 5 N–H and O–H groups in total. The van der Waals surface area contributed by atoms with Crippen LogP contribution in [0.5, 0.6) is 0 Å². The number of hydrogen-bond acceptors (Lipinski definition) is 7. The van der Waals surface area contributed by atoms with Crippen LogP contribution in [0.4, 0.5) is 4.79 Å². The fourth-order valence-electron chi connectivity index (χ4n) is 5.25. The van der Waals surface area contributed by atoms with Gasteiger partial charge < -0.3 is 31.4 Å². The van der Waals surface area contributed by atoms with Gasteiger partial charge in [-0.1, -0.05) is 32.4 Å². The van der Waals surface area contributed by atoms with Crippen LogP contribution in [0.25, 0.3) is 0 Å². The molecule has 12 heteroatoms. The third-order valence-electron chi connectivity index (χ3n) is 7.46. The quantitative estimate of drug-likeness (QED) is 0.104. The first-order chi connectivity index (χ1) is 20.2. The molecule has 1 aromatic carbocycles. The summed E-state index contributed by atoms with van der Waals surface area (Å²) in [5, 5.41) is 24.0. The van der Waals surface area contributed by atoms with E-state index in [-0.39, 0.29) is 41.1 Å². The number of thioether (sulfide) groups is 1. The van der Waals surface area contributed by atoms with Crippen LogP contribution in [0.15, 0.2) is 24.3 Å². The summed E-state index contributed by atoms with van der Waals surface area (Å²) in [6.45, 7) is 4.35. The second kappa shape index (κ2) is 16.8. The summed E-state index contributed by atoms with van der Waals surface area (Å²) in [6.07, 6.45) is 5.90. The zero-order valence-corrected chi connectivity index (χ0v) is 25.1. The average Bonchev–Trinajstić information content (AvgIpc) is 3.52. The Morgan fingerprint density at radius 2 is 1.90 bits per heavy atom. The molecule has 2 saturated heterocycles. The Labute approximate surface area is 251 Å². The molecule has 2 fully saturated rings. The van der Waals surface area contributed by atoms with Gasteiger partial charge >= 0.3 is 6.03 Å². The summed E-state index contributed by atoms with van der Waals surface area (Å²) < 4.78 is 0. The van der Waals surface area contributed by atoms with Crippen molar-refractivity contribution in [2.45, 2.75) is 94.6 Å². The highest BCUT2D eigenvalue weighted by atomic mass is 32.2. The summed E-state index contributed by atoms with van der Waals surface area (Å²) in [5.41, 5.74) is 0.411. The molecule has 3 rings (SSSR count). The van der Waals surface area contributed by atoms with E-state index in [0.717, 1.165) is 25.0 Å². The number of unbranched alkanes of at least 4 members (excludes halogenated alkanes) is 2. The number of carbonyl (C=O) groups is 5. The van der Waals surface area contributed by atoms with Crippen molar-refractivity contribution in [3.63, 3.8) is 0 Å². The number of aldehydes is 1. The predicted molar refractivity (Wildman–Crippen MR) is 161 cm³/mol. The molecule has 0 spiro atoms. The maximum atomic E-state index is 13.0. The lowest BCUT2D eigenvalue weighted by atomic mass is 10.0. The van der Waals surface area contributed by atoms with E-state index in [4.69, 9.17) is 0 Å². The Hall–Kier alpha value is -3.59. The van der Waals surface area contributed by atoms with E-state index in [2.05, 4.69) is 26.6 Å². The summed E-state index contributed by atoms with van der Waals surface area (Å²) >= 11 is 1.87. The number of rotatable bonds is 17. The van der Waals surface area contributed by atoms with E-state index < -0.39 is 23.9 Å². The van der Waals surface area contributed by atoms with E-state index in [9.17, 15) is 29.2 Å². The minimum absolute atomic E-state index is 0.00623. The molecule has 2 aliphatic rings. The van der Waals surface area contributed by atoms with E-state index in [1.807, 2.05) is 31.7 Å². The third-order valence-corrected chi connectivity index (χ3v) is 8.97. The molecule has 0 saturated carbocycles. The molecule has 11 nitrogen and oxygen atoms in total. The van der Waals surface area contributed by atoms with Crippen molar-refractivity contribution in [2.24, 2.45) is 5.92 Å². The first-order valence-corrected chi connectivity index (χ1v) is 15.8. The fraction of sp³-hybridized carbons (Fsp3) is 0.600. The maximum Gasteiger partial charge on any atom is 0.315 e. The van der Waals surface area contributed by atoms with Crippen LogP contribution in [0.1, 0.15) is 81.1 Å². The molecule has 228 valence electrons. The molecule has 0 bridgehead atoms. The Morgan fingerprint density at radius 1 is 1.12 bits per heavy atom. The minimum Gasteiger partial charge on any atom is -0.356 e. The van der Waals surface area contributed by atoms with Crippen LogP contribution in [0.3, 0.4) is 0 Å². The van der Waals surface area contributed by atoms with Crippen LogP contribution >= 0.6 is 11.8 Å². The number of amides is 5. The van der Waals surface area contributed by atoms with E-state index in [0.29, 0.717) is 50.2 Å². The lowest BCUT2D eigenvalue weighted by Crippen LogP contribution is -2.50. The smallest absolute Gasteiger partial charge is 0.315 e. The summed E-state index contributed by atoms with van der Waals surface area (Å²) in [4.78, 5) is 61.2. The van der Waals surface area contributed by atoms with Crippen molar-refractivity contribution >= 4 is 41.8 Å². The monoisotopic (exact) mass is 598 g/mol. The molecule has 42 heavy (non-hydrogen) atoms. The molecule has 1 aromatic rings. The molecule has 2 heterocycles. The Morgan fingerprint density at radius 3 is 2.64 bits per heavy atom. The fourth-order valence-corrected chi connectivity index (χ4v) is 6.80. The lowest BCUT2D eigenvalue weighted by Gasteiger charge is -2.22. The number of nitrogens with zero attached hydrogens (tertiary/aromatic N) is 1. The SMILES string of the molecule is CC(C)C[C@H](NC(=O)c1ccccc1C#N)C(=O)N[C@H](C=O)CCCCNC(=O)CCCC[C@@H]1SC[C@@H]2NC(=O)N[C@@H]21. The number of benzene rings is 1. The predicted octanol–water partition coefficient (Wildman–Crippen LogP) is 2.40. The minimum atomic E-state index is -0.853. The zero-order chi connectivity index (χ0) is 30.5. The number of urea groups is 1. The summed E-state index contributed by atoms with van der Waals surface area (Å²) in [5.74, 6) is 0.0588. The largest absolute Gasteiger partial charge is 0.356 e. The Bertz CT molecular complexity index is 1160. The molecular weight excluding hydrogens is 556 g/mol. The van der Waals surface area contributed by atoms with Gasteiger partial charge in [0.1, 0.15) is 12.3 Å². The van der Waals surface area contributed by atoms with Crippen LogP contribution in [-0.4, -0.2) is 71.8 Å². The Balaban J connectivity index is 1.32. The van der Waals surface area contributed by atoms with Gasteiger partial charge in [0.2, 0.25) is 11.8 Å². The Kier molecular flexibility index (Phi) is 13.1. The van der Waals surface area contributed by atoms with Crippen molar-refractivity contribution in [1.82, 2.24) is 26.6 Å². The lowest BCUT2D eigenvalue weighted by molar-refractivity contribution is -0.126. The van der Waals surface area contributed by atoms with Gasteiger partial charge in [-0.05, 0) is 56.6 Å². The van der Waals surface area contributed by atoms with Crippen LogP contribution in [-0.2, 0) is 14.4 Å². The average molecular weight is 599 g/mol. The zero-order valence-electron chi connectivity index (χ0n) is 24.3. The molecule has 5 atom stereocenters. The van der Waals surface area contributed by atoms with Crippen LogP contribution < -0.4 is 26.6 Å². The molecule has 2 aliphatic heterocycles. The maximum absolute atomic E-state index is 13.0. The number of carbonyl (C=O) groups excluding carboxylic acids is 5. The molecule has 0 aliphatic carbocycles. The number of nitriles is 1. The van der Waals surface area contributed by atoms with Crippen LogP contribution in [0.2, 0.25) is 0 Å². The second-order valence-corrected chi connectivity index (χ2v) is 12.5. The van der Waals surface area contributed by atoms with E-state index in [1.54, 1.807) is 18.2 Å². The first kappa shape index (κ1) is 32.9. The van der Waals surface area contributed by atoms with Crippen molar-refractivity contribution in [3.05, 3.63) is 35.4 Å². The summed E-state index contributed by atoms with van der Waals surface area (Å²) in [7, 11) is 0. The highest BCUT2D eigenvalue weighted by molar-refractivity contribution is 8.00. The van der Waals surface area contributed by atoms with Gasteiger partial charge in [0.25, 0.3) is 5.91 Å². The van der Waals surface area contributed by atoms with Crippen molar-refractivity contribution in [3.8, 4) is 6.07 Å². The van der Waals surface area contributed by atoms with Crippen molar-refractivity contribution in [2.75, 3.05) is 12.3 Å². The number of hydrogen-bond donors (Lipinski definition) is 5. The first-order valence-electron chi connectivity index (χ1n) is 14.7.